The van der Waals surface area contributed by atoms with Crippen molar-refractivity contribution >= 4 is 5.95 Å². The molecule has 1 aromatic rings. The van der Waals surface area contributed by atoms with E-state index in [9.17, 15) is 5.11 Å². The highest BCUT2D eigenvalue weighted by molar-refractivity contribution is 5.32. The van der Waals surface area contributed by atoms with Crippen molar-refractivity contribution in [3.05, 3.63) is 0 Å². The molecule has 0 amide bonds. The molecule has 2 rings (SSSR count). The Hall–Kier alpha value is -1.63. The van der Waals surface area contributed by atoms with E-state index in [0.717, 1.165) is 38.8 Å². The van der Waals surface area contributed by atoms with Gasteiger partial charge in [0.2, 0.25) is 5.95 Å². The molecule has 30 heavy (non-hydrogen) atoms. The highest BCUT2D eigenvalue weighted by Crippen LogP contribution is 2.23. The fourth-order valence-electron chi connectivity index (χ4n) is 3.65. The van der Waals surface area contributed by atoms with Gasteiger partial charge in [-0.15, -0.1) is 4.98 Å². The molecule has 7 heteroatoms. The van der Waals surface area contributed by atoms with Crippen molar-refractivity contribution in [2.45, 2.75) is 90.9 Å². The molecular weight excluding hydrogens is 380 g/mol. The third-order valence-electron chi connectivity index (χ3n) is 5.70. The number of piperidine rings is 1. The minimum absolute atomic E-state index is 0.254. The zero-order valence-corrected chi connectivity index (χ0v) is 19.2. The lowest BCUT2D eigenvalue weighted by Gasteiger charge is -2.31. The van der Waals surface area contributed by atoms with Crippen LogP contribution in [0.25, 0.3) is 0 Å². The Labute approximate surface area is 182 Å². The Morgan fingerprint density at radius 3 is 1.73 bits per heavy atom. The molecule has 1 aliphatic rings. The van der Waals surface area contributed by atoms with Crippen molar-refractivity contribution < 1.29 is 14.6 Å². The highest BCUT2D eigenvalue weighted by atomic mass is 16.5. The zero-order valence-electron chi connectivity index (χ0n) is 19.2. The molecule has 0 radical (unpaired) electrons. The van der Waals surface area contributed by atoms with Crippen molar-refractivity contribution in [2.75, 3.05) is 37.8 Å². The van der Waals surface area contributed by atoms with Gasteiger partial charge >= 0.3 is 12.0 Å². The van der Waals surface area contributed by atoms with E-state index in [4.69, 9.17) is 9.47 Å². The maximum Gasteiger partial charge on any atom is 0.324 e. The molecule has 1 aliphatic heterocycles. The van der Waals surface area contributed by atoms with E-state index >= 15 is 0 Å². The Morgan fingerprint density at radius 1 is 0.767 bits per heavy atom. The minimum Gasteiger partial charge on any atom is -0.463 e. The number of ether oxygens (including phenoxy) is 2. The third kappa shape index (κ3) is 9.45. The number of aromatic nitrogens is 3. The van der Waals surface area contributed by atoms with Crippen LogP contribution < -0.4 is 14.4 Å². The number of hydrogen-bond donors (Lipinski definition) is 1. The normalized spacial score (nSPS) is 14.8. The second-order valence-corrected chi connectivity index (χ2v) is 8.34. The van der Waals surface area contributed by atoms with Gasteiger partial charge in [0.1, 0.15) is 0 Å². The molecule has 0 aromatic carbocycles. The predicted octanol–water partition coefficient (Wildman–Crippen LogP) is 4.78. The van der Waals surface area contributed by atoms with Crippen LogP contribution in [0, 0.1) is 5.92 Å². The van der Waals surface area contributed by atoms with Crippen LogP contribution in [-0.4, -0.2) is 53.0 Å². The summed E-state index contributed by atoms with van der Waals surface area (Å²) in [5.74, 6) is 1.00. The van der Waals surface area contributed by atoms with E-state index in [1.54, 1.807) is 0 Å². The Bertz CT molecular complexity index is 531. The lowest BCUT2D eigenvalue weighted by Crippen LogP contribution is -2.36. The summed E-state index contributed by atoms with van der Waals surface area (Å²) < 4.78 is 11.7. The molecule has 0 aliphatic carbocycles. The number of aliphatic hydroxyl groups excluding tert-OH is 1. The summed E-state index contributed by atoms with van der Waals surface area (Å²) >= 11 is 0. The summed E-state index contributed by atoms with van der Waals surface area (Å²) in [5.41, 5.74) is 0. The van der Waals surface area contributed by atoms with Crippen LogP contribution in [0.4, 0.5) is 5.95 Å². The molecule has 0 saturated carbocycles. The van der Waals surface area contributed by atoms with Gasteiger partial charge in [-0.2, -0.15) is 9.97 Å². The number of aliphatic hydroxyl groups is 1. The van der Waals surface area contributed by atoms with Crippen LogP contribution in [-0.2, 0) is 0 Å². The smallest absolute Gasteiger partial charge is 0.324 e. The van der Waals surface area contributed by atoms with Gasteiger partial charge in [0, 0.05) is 19.7 Å². The SMILES string of the molecule is CCCCCCCOc1nc(OCCCCCCC)nc(N2CCC(CO)CC2)n1. The maximum atomic E-state index is 9.39. The average Bonchev–Trinajstić information content (AvgIpc) is 2.78. The summed E-state index contributed by atoms with van der Waals surface area (Å²) in [6, 6.07) is 0.724. The molecule has 0 unspecified atom stereocenters. The first-order valence-corrected chi connectivity index (χ1v) is 12.1. The van der Waals surface area contributed by atoms with Crippen LogP contribution >= 0.6 is 0 Å². The topological polar surface area (TPSA) is 80.6 Å². The lowest BCUT2D eigenvalue weighted by molar-refractivity contribution is 0.202. The van der Waals surface area contributed by atoms with Gasteiger partial charge in [0.25, 0.3) is 0 Å². The van der Waals surface area contributed by atoms with Crippen molar-refractivity contribution in [3.8, 4) is 12.0 Å². The monoisotopic (exact) mass is 422 g/mol. The average molecular weight is 423 g/mol. The quantitative estimate of drug-likeness (QED) is 0.384. The first kappa shape index (κ1) is 24.6. The second kappa shape index (κ2) is 15.2. The molecule has 1 saturated heterocycles. The van der Waals surface area contributed by atoms with Crippen LogP contribution in [0.3, 0.4) is 0 Å². The molecule has 2 heterocycles. The molecule has 1 N–H and O–H groups in total. The third-order valence-corrected chi connectivity index (χ3v) is 5.70. The van der Waals surface area contributed by atoms with Crippen LogP contribution in [0.2, 0.25) is 0 Å². The molecule has 7 nitrogen and oxygen atoms in total. The Kier molecular flexibility index (Phi) is 12.5. The van der Waals surface area contributed by atoms with Gasteiger partial charge < -0.3 is 19.5 Å². The van der Waals surface area contributed by atoms with E-state index in [-0.39, 0.29) is 6.61 Å². The molecule has 1 aromatic heterocycles. The predicted molar refractivity (Wildman–Crippen MR) is 120 cm³/mol. The minimum atomic E-state index is 0.254. The summed E-state index contributed by atoms with van der Waals surface area (Å²) in [6.45, 7) is 7.61. The first-order valence-electron chi connectivity index (χ1n) is 12.1. The van der Waals surface area contributed by atoms with Gasteiger partial charge in [-0.25, -0.2) is 0 Å². The second-order valence-electron chi connectivity index (χ2n) is 8.34. The first-order chi connectivity index (χ1) is 14.8. The lowest BCUT2D eigenvalue weighted by atomic mass is 9.98. The summed E-state index contributed by atoms with van der Waals surface area (Å²) in [6.07, 6.45) is 13.8. The van der Waals surface area contributed by atoms with Crippen LogP contribution in [0.5, 0.6) is 12.0 Å². The largest absolute Gasteiger partial charge is 0.463 e. The fraction of sp³-hybridized carbons (Fsp3) is 0.870. The summed E-state index contributed by atoms with van der Waals surface area (Å²) in [4.78, 5) is 15.6. The van der Waals surface area contributed by atoms with Crippen molar-refractivity contribution in [3.63, 3.8) is 0 Å². The van der Waals surface area contributed by atoms with Gasteiger partial charge in [-0.3, -0.25) is 0 Å². The number of rotatable bonds is 16. The van der Waals surface area contributed by atoms with E-state index in [0.29, 0.717) is 37.1 Å². The zero-order chi connectivity index (χ0) is 21.4. The van der Waals surface area contributed by atoms with E-state index in [1.807, 2.05) is 0 Å². The molecule has 0 spiro atoms. The number of hydrogen-bond acceptors (Lipinski definition) is 7. The highest BCUT2D eigenvalue weighted by Gasteiger charge is 2.22. The van der Waals surface area contributed by atoms with Crippen LogP contribution in [0.1, 0.15) is 90.9 Å². The van der Waals surface area contributed by atoms with Gasteiger partial charge in [0.05, 0.1) is 13.2 Å². The van der Waals surface area contributed by atoms with Crippen molar-refractivity contribution in [1.29, 1.82) is 0 Å². The van der Waals surface area contributed by atoms with Crippen molar-refractivity contribution in [1.82, 2.24) is 15.0 Å². The molecular formula is C23H42N4O3. The molecule has 172 valence electrons. The number of nitrogens with zero attached hydrogens (tertiary/aromatic N) is 4. The summed E-state index contributed by atoms with van der Waals surface area (Å²) in [5, 5.41) is 9.39. The number of anilines is 1. The van der Waals surface area contributed by atoms with Crippen molar-refractivity contribution in [2.24, 2.45) is 5.92 Å². The Balaban J connectivity index is 1.91. The molecule has 0 atom stereocenters. The van der Waals surface area contributed by atoms with Crippen LogP contribution in [0.15, 0.2) is 0 Å². The van der Waals surface area contributed by atoms with E-state index in [1.165, 1.54) is 51.4 Å². The maximum absolute atomic E-state index is 9.39. The standard InChI is InChI=1S/C23H42N4O3/c1-3-5-7-9-11-17-29-22-24-21(27-15-13-20(19-28)14-16-27)25-23(26-22)30-18-12-10-8-6-4-2/h20,28H,3-19H2,1-2H3. The number of unbranched alkanes of at least 4 members (excludes halogenated alkanes) is 8. The van der Waals surface area contributed by atoms with Gasteiger partial charge in [-0.05, 0) is 31.6 Å². The molecule has 1 fully saturated rings. The van der Waals surface area contributed by atoms with Gasteiger partial charge in [-0.1, -0.05) is 65.2 Å². The van der Waals surface area contributed by atoms with E-state index in [2.05, 4.69) is 33.7 Å². The summed E-state index contributed by atoms with van der Waals surface area (Å²) in [7, 11) is 0. The molecule has 0 bridgehead atoms. The van der Waals surface area contributed by atoms with Gasteiger partial charge in [0.15, 0.2) is 0 Å². The Morgan fingerprint density at radius 2 is 1.27 bits per heavy atom. The fourth-order valence-corrected chi connectivity index (χ4v) is 3.65. The van der Waals surface area contributed by atoms with E-state index < -0.39 is 0 Å².